The number of amides is 3. The van der Waals surface area contributed by atoms with Gasteiger partial charge in [-0.25, -0.2) is 0 Å². The number of imide groups is 1. The molecule has 0 aromatic heterocycles. The minimum atomic E-state index is -0.339. The molecule has 180 valence electrons. The lowest BCUT2D eigenvalue weighted by Gasteiger charge is -2.14. The zero-order valence-corrected chi connectivity index (χ0v) is 21.2. The van der Waals surface area contributed by atoms with Crippen LogP contribution in [-0.2, 0) is 14.3 Å². The van der Waals surface area contributed by atoms with Crippen LogP contribution in [0.4, 0.5) is 10.5 Å². The van der Waals surface area contributed by atoms with Crippen LogP contribution in [-0.4, -0.2) is 55.4 Å². The van der Waals surface area contributed by atoms with Gasteiger partial charge in [-0.1, -0.05) is 34.1 Å². The molecule has 1 fully saturated rings. The van der Waals surface area contributed by atoms with Gasteiger partial charge in [-0.3, -0.25) is 19.3 Å². The molecule has 10 heteroatoms. The number of thioether (sulfide) groups is 1. The Morgan fingerprint density at radius 2 is 1.88 bits per heavy atom. The summed E-state index contributed by atoms with van der Waals surface area (Å²) >= 11 is 4.38. The molecule has 0 unspecified atom stereocenters. The molecule has 0 bridgehead atoms. The molecule has 0 saturated carbocycles. The maximum Gasteiger partial charge on any atom is 0.293 e. The summed E-state index contributed by atoms with van der Waals surface area (Å²) in [4.78, 5) is 38.7. The lowest BCUT2D eigenvalue weighted by Crippen LogP contribution is -2.29. The van der Waals surface area contributed by atoms with Crippen LogP contribution >= 0.6 is 27.7 Å². The molecule has 1 N–H and O–H groups in total. The smallest absolute Gasteiger partial charge is 0.293 e. The second kappa shape index (κ2) is 12.6. The van der Waals surface area contributed by atoms with Crippen molar-refractivity contribution < 1.29 is 28.6 Å². The first-order chi connectivity index (χ1) is 16.4. The van der Waals surface area contributed by atoms with Gasteiger partial charge >= 0.3 is 0 Å². The van der Waals surface area contributed by atoms with Gasteiger partial charge in [0.25, 0.3) is 17.1 Å². The Balaban J connectivity index is 1.73. The van der Waals surface area contributed by atoms with Gasteiger partial charge in [-0.05, 0) is 61.0 Å². The molecular formula is C24H25BrN2O6S. The summed E-state index contributed by atoms with van der Waals surface area (Å²) < 4.78 is 17.0. The van der Waals surface area contributed by atoms with Gasteiger partial charge in [0.2, 0.25) is 0 Å². The molecule has 0 radical (unpaired) electrons. The summed E-state index contributed by atoms with van der Waals surface area (Å²) in [5, 5.41) is 2.45. The number of nitrogens with zero attached hydrogens (tertiary/aromatic N) is 1. The van der Waals surface area contributed by atoms with Gasteiger partial charge in [0, 0.05) is 30.4 Å². The van der Waals surface area contributed by atoms with E-state index in [0.717, 1.165) is 11.8 Å². The third-order valence-electron chi connectivity index (χ3n) is 4.67. The predicted molar refractivity (Wildman–Crippen MR) is 135 cm³/mol. The second-order valence-electron chi connectivity index (χ2n) is 7.14. The number of para-hydroxylation sites is 1. The van der Waals surface area contributed by atoms with Gasteiger partial charge in [0.05, 0.1) is 11.5 Å². The van der Waals surface area contributed by atoms with E-state index < -0.39 is 0 Å². The highest BCUT2D eigenvalue weighted by Gasteiger charge is 2.34. The Bertz CT molecular complexity index is 1080. The van der Waals surface area contributed by atoms with E-state index in [0.29, 0.717) is 58.3 Å². The molecular weight excluding hydrogens is 524 g/mol. The zero-order valence-electron chi connectivity index (χ0n) is 18.8. The number of ether oxygens (including phenoxy) is 3. The maximum absolute atomic E-state index is 12.7. The van der Waals surface area contributed by atoms with E-state index in [1.54, 1.807) is 37.5 Å². The van der Waals surface area contributed by atoms with Crippen molar-refractivity contribution in [3.63, 3.8) is 0 Å². The number of hydrogen-bond donors (Lipinski definition) is 1. The van der Waals surface area contributed by atoms with Crippen LogP contribution < -0.4 is 14.8 Å². The van der Waals surface area contributed by atoms with Crippen LogP contribution in [0.25, 0.3) is 6.08 Å². The van der Waals surface area contributed by atoms with Gasteiger partial charge in [0.15, 0.2) is 18.1 Å². The number of carbonyl (C=O) groups is 3. The van der Waals surface area contributed by atoms with Crippen LogP contribution in [0.2, 0.25) is 0 Å². The number of anilines is 1. The molecule has 34 heavy (non-hydrogen) atoms. The van der Waals surface area contributed by atoms with E-state index in [4.69, 9.17) is 14.2 Å². The predicted octanol–water partition coefficient (Wildman–Crippen LogP) is 4.94. The molecule has 8 nitrogen and oxygen atoms in total. The molecule has 3 amide bonds. The Labute approximate surface area is 210 Å². The topological polar surface area (TPSA) is 94.2 Å². The average molecular weight is 549 g/mol. The number of hydrogen-bond acceptors (Lipinski definition) is 7. The van der Waals surface area contributed by atoms with E-state index in [1.807, 2.05) is 25.1 Å². The van der Waals surface area contributed by atoms with E-state index in [1.165, 1.54) is 4.90 Å². The molecule has 1 aliphatic heterocycles. The van der Waals surface area contributed by atoms with E-state index in [2.05, 4.69) is 21.2 Å². The van der Waals surface area contributed by atoms with Crippen LogP contribution in [0.1, 0.15) is 18.9 Å². The molecule has 0 spiro atoms. The highest BCUT2D eigenvalue weighted by Crippen LogP contribution is 2.38. The summed E-state index contributed by atoms with van der Waals surface area (Å²) in [6.45, 7) is 2.78. The standard InChI is InChI=1S/C24H25BrN2O6S/c1-3-32-19-12-16(13-21-23(29)27(24(30)34-21)10-7-11-31-2)18(25)14-20(19)33-15-22(28)26-17-8-5-4-6-9-17/h4-6,8-9,12-14H,3,7,10-11,15H2,1-2H3,(H,26,28)/b21-13+. The number of methoxy groups -OCH3 is 1. The first kappa shape index (κ1) is 25.8. The van der Waals surface area contributed by atoms with Gasteiger partial charge in [0.1, 0.15) is 0 Å². The van der Waals surface area contributed by atoms with Crippen LogP contribution in [0.15, 0.2) is 51.8 Å². The molecule has 1 saturated heterocycles. The van der Waals surface area contributed by atoms with Gasteiger partial charge in [-0.15, -0.1) is 0 Å². The lowest BCUT2D eigenvalue weighted by molar-refractivity contribution is -0.123. The number of nitrogens with one attached hydrogen (secondary N) is 1. The normalized spacial score (nSPS) is 14.6. The van der Waals surface area contributed by atoms with E-state index >= 15 is 0 Å². The Morgan fingerprint density at radius 3 is 2.59 bits per heavy atom. The monoisotopic (exact) mass is 548 g/mol. The van der Waals surface area contributed by atoms with Gasteiger partial charge < -0.3 is 19.5 Å². The van der Waals surface area contributed by atoms with E-state index in [-0.39, 0.29) is 23.7 Å². The quantitative estimate of drug-likeness (QED) is 0.314. The molecule has 1 heterocycles. The van der Waals surface area contributed by atoms with Crippen LogP contribution in [0.3, 0.4) is 0 Å². The highest BCUT2D eigenvalue weighted by molar-refractivity contribution is 9.10. The minimum Gasteiger partial charge on any atom is -0.490 e. The number of rotatable bonds is 11. The summed E-state index contributed by atoms with van der Waals surface area (Å²) in [5.41, 5.74) is 1.32. The number of halogens is 1. The first-order valence-corrected chi connectivity index (χ1v) is 12.2. The van der Waals surface area contributed by atoms with Crippen molar-refractivity contribution in [2.24, 2.45) is 0 Å². The molecule has 2 aromatic rings. The highest BCUT2D eigenvalue weighted by atomic mass is 79.9. The van der Waals surface area contributed by atoms with Crippen molar-refractivity contribution in [3.05, 3.63) is 57.4 Å². The Morgan fingerprint density at radius 1 is 1.15 bits per heavy atom. The van der Waals surface area contributed by atoms with Crippen molar-refractivity contribution in [1.82, 2.24) is 4.90 Å². The first-order valence-electron chi connectivity index (χ1n) is 10.6. The third-order valence-corrected chi connectivity index (χ3v) is 6.26. The van der Waals surface area contributed by atoms with Crippen molar-refractivity contribution in [1.29, 1.82) is 0 Å². The molecule has 0 aliphatic carbocycles. The van der Waals surface area contributed by atoms with Crippen molar-refractivity contribution in [2.45, 2.75) is 13.3 Å². The van der Waals surface area contributed by atoms with Crippen LogP contribution in [0, 0.1) is 0 Å². The Hall–Kier alpha value is -2.82. The molecule has 2 aromatic carbocycles. The fraction of sp³-hybridized carbons (Fsp3) is 0.292. The minimum absolute atomic E-state index is 0.207. The third kappa shape index (κ3) is 6.85. The molecule has 0 atom stereocenters. The van der Waals surface area contributed by atoms with Crippen molar-refractivity contribution in [3.8, 4) is 11.5 Å². The summed E-state index contributed by atoms with van der Waals surface area (Å²) in [7, 11) is 1.57. The molecule has 1 aliphatic rings. The largest absolute Gasteiger partial charge is 0.490 e. The zero-order chi connectivity index (χ0) is 24.5. The Kier molecular flexibility index (Phi) is 9.55. The maximum atomic E-state index is 12.7. The lowest BCUT2D eigenvalue weighted by atomic mass is 10.1. The number of carbonyl (C=O) groups excluding carboxylic acids is 3. The summed E-state index contributed by atoms with van der Waals surface area (Å²) in [5.74, 6) is 0.149. The SMILES string of the molecule is CCOc1cc(/C=C2/SC(=O)N(CCCOC)C2=O)c(Br)cc1OCC(=O)Nc1ccccc1. The van der Waals surface area contributed by atoms with Crippen LogP contribution in [0.5, 0.6) is 11.5 Å². The van der Waals surface area contributed by atoms with Gasteiger partial charge in [-0.2, -0.15) is 0 Å². The van der Waals surface area contributed by atoms with E-state index in [9.17, 15) is 14.4 Å². The summed E-state index contributed by atoms with van der Waals surface area (Å²) in [6, 6.07) is 12.5. The average Bonchev–Trinajstić information content (AvgIpc) is 3.08. The second-order valence-corrected chi connectivity index (χ2v) is 8.98. The summed E-state index contributed by atoms with van der Waals surface area (Å²) in [6.07, 6.45) is 2.21. The van der Waals surface area contributed by atoms with Crippen molar-refractivity contribution in [2.75, 3.05) is 38.8 Å². The number of benzene rings is 2. The fourth-order valence-electron chi connectivity index (χ4n) is 3.11. The fourth-order valence-corrected chi connectivity index (χ4v) is 4.40. The molecule has 3 rings (SSSR count). The van der Waals surface area contributed by atoms with Crippen molar-refractivity contribution >= 4 is 56.5 Å².